The zero-order chi connectivity index (χ0) is 25.5. The van der Waals surface area contributed by atoms with Gasteiger partial charge in [-0.15, -0.1) is 0 Å². The minimum absolute atomic E-state index is 0.00326. The van der Waals surface area contributed by atoms with Gasteiger partial charge in [-0.2, -0.15) is 5.01 Å². The van der Waals surface area contributed by atoms with Crippen molar-refractivity contribution in [2.24, 2.45) is 35.5 Å². The van der Waals surface area contributed by atoms with E-state index < -0.39 is 35.6 Å². The Morgan fingerprint density at radius 1 is 0.889 bits per heavy atom. The molecule has 3 fully saturated rings. The second-order valence-electron chi connectivity index (χ2n) is 10.3. The van der Waals surface area contributed by atoms with Crippen LogP contribution in [0.5, 0.6) is 0 Å². The van der Waals surface area contributed by atoms with Crippen LogP contribution in [0, 0.1) is 42.4 Å². The molecular weight excluding hydrogens is 499 g/mol. The van der Waals surface area contributed by atoms with Crippen molar-refractivity contribution in [2.45, 2.75) is 26.3 Å². The van der Waals surface area contributed by atoms with E-state index in [1.807, 2.05) is 6.92 Å². The number of aryl methyl sites for hydroxylation is 1. The molecule has 4 aliphatic carbocycles. The van der Waals surface area contributed by atoms with Crippen molar-refractivity contribution in [1.82, 2.24) is 10.0 Å². The number of nitrogens with zero attached hydrogens (tertiary/aromatic N) is 2. The number of imide groups is 1. The lowest BCUT2D eigenvalue weighted by Crippen LogP contribution is -2.56. The Labute approximate surface area is 218 Å². The molecular formula is C28H24Cl2N2O4. The number of carbonyl (C=O) groups excluding carboxylic acids is 4. The first kappa shape index (κ1) is 23.4. The smallest absolute Gasteiger partial charge is 0.273 e. The monoisotopic (exact) mass is 522 g/mol. The number of hydrogen-bond acceptors (Lipinski definition) is 4. The molecule has 0 unspecified atom stereocenters. The lowest BCUT2D eigenvalue weighted by molar-refractivity contribution is -0.156. The van der Waals surface area contributed by atoms with E-state index in [2.05, 4.69) is 12.2 Å². The van der Waals surface area contributed by atoms with Crippen molar-refractivity contribution in [3.05, 3.63) is 81.4 Å². The Hall–Kier alpha value is -2.96. The number of ketones is 1. The van der Waals surface area contributed by atoms with Crippen LogP contribution in [0.15, 0.2) is 54.6 Å². The SMILES string of the molecule is Cc1ccc(C(=O)[C@H](C)N(C(=O)c2ccc(Cl)c(Cl)c2)N2C(=O)[C@@H]3[C@H]4C=C[C@@H]([C@@H]5C[C@H]45)[C@H]3C2=O)cc1. The van der Waals surface area contributed by atoms with Gasteiger partial charge < -0.3 is 0 Å². The third-order valence-corrected chi connectivity index (χ3v) is 9.05. The summed E-state index contributed by atoms with van der Waals surface area (Å²) in [6.07, 6.45) is 5.17. The highest BCUT2D eigenvalue weighted by molar-refractivity contribution is 6.42. The van der Waals surface area contributed by atoms with Crippen LogP contribution in [0.2, 0.25) is 10.0 Å². The lowest BCUT2D eigenvalue weighted by Gasteiger charge is -2.37. The summed E-state index contributed by atoms with van der Waals surface area (Å²) in [4.78, 5) is 55.1. The van der Waals surface area contributed by atoms with Gasteiger partial charge in [0.05, 0.1) is 21.9 Å². The molecule has 5 aliphatic rings. The van der Waals surface area contributed by atoms with Crippen molar-refractivity contribution in [2.75, 3.05) is 0 Å². The minimum atomic E-state index is -1.11. The summed E-state index contributed by atoms with van der Waals surface area (Å²) in [5.74, 6) is -2.02. The summed E-state index contributed by atoms with van der Waals surface area (Å²) in [7, 11) is 0. The topological polar surface area (TPSA) is 74.8 Å². The zero-order valence-corrected chi connectivity index (χ0v) is 21.2. The number of carbonyl (C=O) groups is 4. The second kappa shape index (κ2) is 8.29. The largest absolute Gasteiger partial charge is 0.292 e. The van der Waals surface area contributed by atoms with Crippen molar-refractivity contribution < 1.29 is 19.2 Å². The van der Waals surface area contributed by atoms with Crippen molar-refractivity contribution in [1.29, 1.82) is 0 Å². The molecule has 0 spiro atoms. The molecule has 0 aromatic heterocycles. The second-order valence-corrected chi connectivity index (χ2v) is 11.1. The number of allylic oxidation sites excluding steroid dienone is 2. The van der Waals surface area contributed by atoms with E-state index in [4.69, 9.17) is 23.2 Å². The van der Waals surface area contributed by atoms with E-state index >= 15 is 0 Å². The first-order valence-electron chi connectivity index (χ1n) is 12.1. The van der Waals surface area contributed by atoms with E-state index in [-0.39, 0.29) is 33.2 Å². The van der Waals surface area contributed by atoms with Crippen LogP contribution >= 0.6 is 23.2 Å². The number of benzene rings is 2. The van der Waals surface area contributed by atoms with Gasteiger partial charge in [0.25, 0.3) is 17.7 Å². The van der Waals surface area contributed by atoms with Crippen LogP contribution in [0.25, 0.3) is 0 Å². The summed E-state index contributed by atoms with van der Waals surface area (Å²) in [5, 5.41) is 2.42. The van der Waals surface area contributed by atoms with Gasteiger partial charge in [-0.05, 0) is 62.1 Å². The first-order chi connectivity index (χ1) is 17.2. The lowest BCUT2D eigenvalue weighted by atomic mass is 9.63. The Bertz CT molecular complexity index is 1320. The number of Topliss-reactive ketones (excluding diaryl/α,β-unsaturated/α-hetero) is 1. The Morgan fingerprint density at radius 3 is 2.00 bits per heavy atom. The molecule has 1 heterocycles. The molecule has 7 rings (SSSR count). The fourth-order valence-corrected chi connectivity index (χ4v) is 6.72. The fraction of sp³-hybridized carbons (Fsp3) is 0.357. The fourth-order valence-electron chi connectivity index (χ4n) is 6.43. The van der Waals surface area contributed by atoms with Crippen LogP contribution in [0.4, 0.5) is 0 Å². The average molecular weight is 523 g/mol. The van der Waals surface area contributed by atoms with Crippen LogP contribution in [0.3, 0.4) is 0 Å². The van der Waals surface area contributed by atoms with E-state index in [0.717, 1.165) is 22.0 Å². The predicted octanol–water partition coefficient (Wildman–Crippen LogP) is 4.98. The van der Waals surface area contributed by atoms with Gasteiger partial charge in [-0.25, -0.2) is 5.01 Å². The molecule has 184 valence electrons. The molecule has 0 N–H and O–H groups in total. The summed E-state index contributed by atoms with van der Waals surface area (Å²) in [6.45, 7) is 3.46. The highest BCUT2D eigenvalue weighted by Gasteiger charge is 2.68. The number of hydrogen-bond donors (Lipinski definition) is 0. The first-order valence-corrected chi connectivity index (χ1v) is 12.9. The molecule has 6 nitrogen and oxygen atoms in total. The Kier molecular flexibility index (Phi) is 5.39. The molecule has 2 saturated carbocycles. The highest BCUT2D eigenvalue weighted by Crippen LogP contribution is 2.65. The Morgan fingerprint density at radius 2 is 1.44 bits per heavy atom. The normalized spacial score (nSPS) is 30.2. The molecule has 36 heavy (non-hydrogen) atoms. The third kappa shape index (κ3) is 3.38. The predicted molar refractivity (Wildman–Crippen MR) is 134 cm³/mol. The molecule has 3 amide bonds. The molecule has 2 bridgehead atoms. The zero-order valence-electron chi connectivity index (χ0n) is 19.7. The third-order valence-electron chi connectivity index (χ3n) is 8.31. The van der Waals surface area contributed by atoms with Gasteiger partial charge in [-0.3, -0.25) is 19.2 Å². The molecule has 7 atom stereocenters. The van der Waals surface area contributed by atoms with Gasteiger partial charge in [-0.1, -0.05) is 65.2 Å². The standard InChI is InChI=1S/C28H24Cl2N2O4/c1-13-3-5-15(6-4-13)25(33)14(2)31(26(34)16-7-10-21(29)22(30)11-16)32-27(35)23-17-8-9-18(20-12-19(17)20)24(23)28(32)36/h3-11,14,17-20,23-24H,12H2,1-2H3/t14-,17-,18-,19-,20+,23+,24+/m0/s1. The van der Waals surface area contributed by atoms with Gasteiger partial charge in [0, 0.05) is 11.1 Å². The van der Waals surface area contributed by atoms with Crippen LogP contribution < -0.4 is 0 Å². The van der Waals surface area contributed by atoms with E-state index in [0.29, 0.717) is 17.4 Å². The van der Waals surface area contributed by atoms with Crippen LogP contribution in [-0.2, 0) is 9.59 Å². The van der Waals surface area contributed by atoms with Gasteiger partial charge >= 0.3 is 0 Å². The molecule has 8 heteroatoms. The summed E-state index contributed by atoms with van der Waals surface area (Å²) < 4.78 is 0. The van der Waals surface area contributed by atoms with Gasteiger partial charge in [0.2, 0.25) is 0 Å². The number of amides is 3. The van der Waals surface area contributed by atoms with Crippen molar-refractivity contribution >= 4 is 46.7 Å². The maximum Gasteiger partial charge on any atom is 0.273 e. The number of rotatable bonds is 5. The van der Waals surface area contributed by atoms with Crippen LogP contribution in [-0.4, -0.2) is 39.6 Å². The van der Waals surface area contributed by atoms with Crippen LogP contribution in [0.1, 0.15) is 39.6 Å². The van der Waals surface area contributed by atoms with Gasteiger partial charge in [0.15, 0.2) is 5.78 Å². The minimum Gasteiger partial charge on any atom is -0.292 e. The van der Waals surface area contributed by atoms with Gasteiger partial charge in [0.1, 0.15) is 6.04 Å². The molecule has 1 saturated heterocycles. The molecule has 2 aromatic rings. The van der Waals surface area contributed by atoms with E-state index in [1.54, 1.807) is 31.2 Å². The van der Waals surface area contributed by atoms with Crippen molar-refractivity contribution in [3.63, 3.8) is 0 Å². The maximum atomic E-state index is 13.9. The molecule has 1 aliphatic heterocycles. The molecule has 0 radical (unpaired) electrons. The quantitative estimate of drug-likeness (QED) is 0.315. The maximum absolute atomic E-state index is 13.9. The summed E-state index contributed by atoms with van der Waals surface area (Å²) >= 11 is 12.2. The highest BCUT2D eigenvalue weighted by atomic mass is 35.5. The number of halogens is 2. The molecule has 2 aromatic carbocycles. The van der Waals surface area contributed by atoms with Crippen molar-refractivity contribution in [3.8, 4) is 0 Å². The number of hydrazine groups is 1. The Balaban J connectivity index is 1.41. The summed E-state index contributed by atoms with van der Waals surface area (Å²) in [6, 6.07) is 10.2. The van der Waals surface area contributed by atoms with E-state index in [9.17, 15) is 19.2 Å². The average Bonchev–Trinajstić information content (AvgIpc) is 3.65. The summed E-state index contributed by atoms with van der Waals surface area (Å²) in [5.41, 5.74) is 1.50. The van der Waals surface area contributed by atoms with E-state index in [1.165, 1.54) is 18.2 Å².